The summed E-state index contributed by atoms with van der Waals surface area (Å²) in [6.45, 7) is 0. The van der Waals surface area contributed by atoms with Crippen LogP contribution in [0.4, 0.5) is 17.1 Å². The Bertz CT molecular complexity index is 2860. The van der Waals surface area contributed by atoms with Crippen molar-refractivity contribution in [1.82, 2.24) is 4.98 Å². The zero-order valence-corrected chi connectivity index (χ0v) is 29.5. The third kappa shape index (κ3) is 5.76. The van der Waals surface area contributed by atoms with Crippen molar-refractivity contribution in [3.05, 3.63) is 194 Å². The fourth-order valence-corrected chi connectivity index (χ4v) is 8.43. The Kier molecular flexibility index (Phi) is 7.67. The first-order valence-electron chi connectivity index (χ1n) is 17.8. The number of aromatic nitrogens is 1. The predicted molar refractivity (Wildman–Crippen MR) is 223 cm³/mol. The maximum absolute atomic E-state index is 6.25. The summed E-state index contributed by atoms with van der Waals surface area (Å²) in [5.74, 6) is 0.646. The third-order valence-corrected chi connectivity index (χ3v) is 11.0. The van der Waals surface area contributed by atoms with E-state index in [0.717, 1.165) is 33.7 Å². The van der Waals surface area contributed by atoms with Crippen molar-refractivity contribution in [2.24, 2.45) is 0 Å². The predicted octanol–water partition coefficient (Wildman–Crippen LogP) is 14.3. The Morgan fingerprint density at radius 3 is 1.62 bits per heavy atom. The van der Waals surface area contributed by atoms with E-state index >= 15 is 0 Å². The van der Waals surface area contributed by atoms with E-state index in [-0.39, 0.29) is 0 Å². The number of benzene rings is 8. The molecule has 0 atom stereocenters. The Labute approximate surface area is 311 Å². The lowest BCUT2D eigenvalue weighted by Crippen LogP contribution is -2.11. The average Bonchev–Trinajstić information content (AvgIpc) is 3.82. The van der Waals surface area contributed by atoms with E-state index in [0.29, 0.717) is 5.89 Å². The number of oxazole rings is 1. The number of nitrogens with zero attached hydrogens (tertiary/aromatic N) is 2. The van der Waals surface area contributed by atoms with Gasteiger partial charge >= 0.3 is 0 Å². The Morgan fingerprint density at radius 1 is 0.415 bits per heavy atom. The zero-order chi connectivity index (χ0) is 35.1. The van der Waals surface area contributed by atoms with E-state index in [2.05, 4.69) is 169 Å². The standard InChI is InChI=1S/C49H32N2OS/c1-4-12-33(13-5-1)34-20-22-35(23-21-34)36-24-26-39(27-25-36)51(45-19-11-10-18-41(45)37-14-6-2-7-15-37)40-28-29-42-43-31-44-46(32-48(43)53-47(42)30-40)52-49(50-44)38-16-8-3-9-17-38/h1-32H. The first-order chi connectivity index (χ1) is 26.2. The van der Waals surface area contributed by atoms with Gasteiger partial charge in [0.2, 0.25) is 5.89 Å². The second-order valence-corrected chi connectivity index (χ2v) is 14.3. The highest BCUT2D eigenvalue weighted by Gasteiger charge is 2.19. The molecule has 0 fully saturated rings. The van der Waals surface area contributed by atoms with E-state index in [1.807, 2.05) is 30.3 Å². The average molecular weight is 697 g/mol. The second-order valence-electron chi connectivity index (χ2n) is 13.2. The lowest BCUT2D eigenvalue weighted by Gasteiger charge is -2.28. The van der Waals surface area contributed by atoms with E-state index < -0.39 is 0 Å². The molecule has 0 aliphatic carbocycles. The van der Waals surface area contributed by atoms with Crippen LogP contribution in [-0.2, 0) is 0 Å². The number of anilines is 3. The maximum Gasteiger partial charge on any atom is 0.227 e. The molecule has 0 saturated carbocycles. The highest BCUT2D eigenvalue weighted by Crippen LogP contribution is 2.45. The van der Waals surface area contributed by atoms with E-state index in [4.69, 9.17) is 9.40 Å². The fraction of sp³-hybridized carbons (Fsp3) is 0. The van der Waals surface area contributed by atoms with Gasteiger partial charge in [-0.15, -0.1) is 11.3 Å². The van der Waals surface area contributed by atoms with Gasteiger partial charge in [0.1, 0.15) is 5.52 Å². The summed E-state index contributed by atoms with van der Waals surface area (Å²) in [6, 6.07) is 68.8. The van der Waals surface area contributed by atoms with Gasteiger partial charge in [-0.3, -0.25) is 0 Å². The second kappa shape index (κ2) is 13.1. The molecule has 0 unspecified atom stereocenters. The molecule has 0 amide bonds. The van der Waals surface area contributed by atoms with Crippen LogP contribution in [0.5, 0.6) is 0 Å². The van der Waals surface area contributed by atoms with Gasteiger partial charge in [0.15, 0.2) is 5.58 Å². The van der Waals surface area contributed by atoms with E-state index in [9.17, 15) is 0 Å². The van der Waals surface area contributed by atoms with Crippen LogP contribution in [0.3, 0.4) is 0 Å². The number of hydrogen-bond acceptors (Lipinski definition) is 4. The highest BCUT2D eigenvalue weighted by atomic mass is 32.1. The summed E-state index contributed by atoms with van der Waals surface area (Å²) in [6.07, 6.45) is 0. The molecule has 0 saturated heterocycles. The molecular formula is C49H32N2OS. The summed E-state index contributed by atoms with van der Waals surface area (Å²) in [5, 5.41) is 2.40. The summed E-state index contributed by atoms with van der Waals surface area (Å²) in [4.78, 5) is 7.24. The topological polar surface area (TPSA) is 29.3 Å². The van der Waals surface area contributed by atoms with Crippen LogP contribution in [-0.4, -0.2) is 4.98 Å². The molecule has 3 nitrogen and oxygen atoms in total. The first kappa shape index (κ1) is 31.0. The van der Waals surface area contributed by atoms with Crippen molar-refractivity contribution in [3.8, 4) is 44.8 Å². The number of para-hydroxylation sites is 1. The molecule has 53 heavy (non-hydrogen) atoms. The van der Waals surface area contributed by atoms with Crippen LogP contribution >= 0.6 is 11.3 Å². The van der Waals surface area contributed by atoms with E-state index in [1.54, 1.807) is 11.3 Å². The van der Waals surface area contributed by atoms with Crippen LogP contribution in [0.15, 0.2) is 199 Å². The van der Waals surface area contributed by atoms with E-state index in [1.165, 1.54) is 53.6 Å². The number of fused-ring (bicyclic) bond motifs is 4. The lowest BCUT2D eigenvalue weighted by molar-refractivity contribution is 0.620. The van der Waals surface area contributed by atoms with Crippen molar-refractivity contribution in [3.63, 3.8) is 0 Å². The molecule has 10 rings (SSSR count). The van der Waals surface area contributed by atoms with Gasteiger partial charge < -0.3 is 9.32 Å². The maximum atomic E-state index is 6.25. The molecule has 0 spiro atoms. The minimum absolute atomic E-state index is 0.646. The molecule has 0 aliphatic heterocycles. The van der Waals surface area contributed by atoms with Gasteiger partial charge in [-0.25, -0.2) is 4.98 Å². The van der Waals surface area contributed by atoms with Crippen LogP contribution in [0.25, 0.3) is 76.1 Å². The summed E-state index contributed by atoms with van der Waals surface area (Å²) < 4.78 is 8.64. The monoisotopic (exact) mass is 696 g/mol. The molecule has 2 aromatic heterocycles. The Hall–Kier alpha value is -6.75. The van der Waals surface area contributed by atoms with Crippen LogP contribution < -0.4 is 4.90 Å². The minimum atomic E-state index is 0.646. The van der Waals surface area contributed by atoms with Gasteiger partial charge in [-0.05, 0) is 76.3 Å². The normalized spacial score (nSPS) is 11.4. The number of hydrogen-bond donors (Lipinski definition) is 0. The molecule has 0 aliphatic rings. The molecule has 2 heterocycles. The van der Waals surface area contributed by atoms with Crippen molar-refractivity contribution in [2.45, 2.75) is 0 Å². The van der Waals surface area contributed by atoms with Crippen LogP contribution in [0, 0.1) is 0 Å². The van der Waals surface area contributed by atoms with Gasteiger partial charge in [0.05, 0.1) is 5.69 Å². The molecule has 250 valence electrons. The van der Waals surface area contributed by atoms with Gasteiger partial charge in [-0.2, -0.15) is 0 Å². The molecule has 0 radical (unpaired) electrons. The molecule has 0 N–H and O–H groups in total. The molecule has 4 heteroatoms. The quantitative estimate of drug-likeness (QED) is 0.166. The highest BCUT2D eigenvalue weighted by molar-refractivity contribution is 7.25. The zero-order valence-electron chi connectivity index (χ0n) is 28.7. The third-order valence-electron chi connectivity index (χ3n) is 9.92. The van der Waals surface area contributed by atoms with Crippen molar-refractivity contribution >= 4 is 59.7 Å². The van der Waals surface area contributed by atoms with Crippen LogP contribution in [0.1, 0.15) is 0 Å². The van der Waals surface area contributed by atoms with Crippen molar-refractivity contribution in [2.75, 3.05) is 4.90 Å². The van der Waals surface area contributed by atoms with Gasteiger partial charge in [0.25, 0.3) is 0 Å². The fourth-order valence-electron chi connectivity index (χ4n) is 7.28. The minimum Gasteiger partial charge on any atom is -0.436 e. The lowest BCUT2D eigenvalue weighted by atomic mass is 9.99. The SMILES string of the molecule is c1ccc(-c2ccc(-c3ccc(N(c4ccc5c(c4)sc4cc6oc(-c7ccccc7)nc6cc45)c4ccccc4-c4ccccc4)cc3)cc2)cc1. The molecule has 10 aromatic rings. The smallest absolute Gasteiger partial charge is 0.227 e. The van der Waals surface area contributed by atoms with Crippen molar-refractivity contribution < 1.29 is 4.42 Å². The molecule has 0 bridgehead atoms. The number of thiophene rings is 1. The summed E-state index contributed by atoms with van der Waals surface area (Å²) in [5.41, 5.74) is 13.1. The Morgan fingerprint density at radius 2 is 0.943 bits per heavy atom. The number of rotatable bonds is 7. The van der Waals surface area contributed by atoms with Gasteiger partial charge in [-0.1, -0.05) is 140 Å². The first-order valence-corrected chi connectivity index (χ1v) is 18.6. The molecule has 8 aromatic carbocycles. The van der Waals surface area contributed by atoms with Gasteiger partial charge in [0, 0.05) is 48.7 Å². The Balaban J connectivity index is 1.06. The summed E-state index contributed by atoms with van der Waals surface area (Å²) in [7, 11) is 0. The van der Waals surface area contributed by atoms with Crippen molar-refractivity contribution in [1.29, 1.82) is 0 Å². The largest absolute Gasteiger partial charge is 0.436 e. The van der Waals surface area contributed by atoms with Crippen LogP contribution in [0.2, 0.25) is 0 Å². The molecular weight excluding hydrogens is 665 g/mol. The summed E-state index contributed by atoms with van der Waals surface area (Å²) >= 11 is 1.79.